The largest absolute Gasteiger partial charge is 0.480 e. The van der Waals surface area contributed by atoms with Crippen molar-refractivity contribution < 1.29 is 23.5 Å². The van der Waals surface area contributed by atoms with Gasteiger partial charge in [-0.2, -0.15) is 0 Å². The molecule has 0 saturated heterocycles. The minimum absolute atomic E-state index is 0.134. The fourth-order valence-corrected chi connectivity index (χ4v) is 3.50. The highest BCUT2D eigenvalue weighted by Gasteiger charge is 2.24. The van der Waals surface area contributed by atoms with E-state index in [1.807, 2.05) is 13.0 Å². The number of amides is 1. The average Bonchev–Trinajstić information content (AvgIpc) is 3.04. The third-order valence-corrected chi connectivity index (χ3v) is 5.24. The highest BCUT2D eigenvalue weighted by Crippen LogP contribution is 2.37. The summed E-state index contributed by atoms with van der Waals surface area (Å²) in [5.41, 5.74) is 2.97. The Morgan fingerprint density at radius 1 is 1.14 bits per heavy atom. The van der Waals surface area contributed by atoms with E-state index >= 15 is 0 Å². The predicted molar refractivity (Wildman–Crippen MR) is 109 cm³/mol. The lowest BCUT2D eigenvalue weighted by Gasteiger charge is -2.17. The summed E-state index contributed by atoms with van der Waals surface area (Å²) in [4.78, 5) is 35.7. The van der Waals surface area contributed by atoms with E-state index in [-0.39, 0.29) is 17.4 Å². The summed E-state index contributed by atoms with van der Waals surface area (Å²) in [5, 5.41) is 13.0. The topological polar surface area (TPSA) is 110 Å². The van der Waals surface area contributed by atoms with Crippen molar-refractivity contribution in [3.8, 4) is 0 Å². The molecule has 3 aromatic rings. The number of carbonyl (C=O) groups excluding carboxylic acids is 1. The van der Waals surface area contributed by atoms with Gasteiger partial charge < -0.3 is 19.3 Å². The van der Waals surface area contributed by atoms with Crippen LogP contribution in [0.25, 0.3) is 21.9 Å². The molecular formula is C22H25NO6. The molecule has 1 atom stereocenters. The Morgan fingerprint density at radius 2 is 1.79 bits per heavy atom. The number of fused-ring (bicyclic) bond motifs is 2. The summed E-state index contributed by atoms with van der Waals surface area (Å²) in [6, 6.07) is 0.888. The highest BCUT2D eigenvalue weighted by atomic mass is 16.4. The number of furan rings is 1. The summed E-state index contributed by atoms with van der Waals surface area (Å²) in [5.74, 6) is -1.69. The van der Waals surface area contributed by atoms with Gasteiger partial charge in [-0.25, -0.2) is 4.79 Å². The molecule has 0 unspecified atom stereocenters. The van der Waals surface area contributed by atoms with Crippen LogP contribution in [-0.4, -0.2) is 23.0 Å². The molecule has 0 radical (unpaired) electrons. The maximum Gasteiger partial charge on any atom is 0.340 e. The maximum atomic E-state index is 12.6. The fourth-order valence-electron chi connectivity index (χ4n) is 3.50. The van der Waals surface area contributed by atoms with Gasteiger partial charge in [-0.15, -0.1) is 0 Å². The zero-order chi connectivity index (χ0) is 21.7. The number of rotatable bonds is 4. The number of hydrogen-bond acceptors (Lipinski definition) is 5. The van der Waals surface area contributed by atoms with Crippen LogP contribution in [0.5, 0.6) is 0 Å². The third-order valence-electron chi connectivity index (χ3n) is 5.24. The van der Waals surface area contributed by atoms with E-state index in [9.17, 15) is 14.4 Å². The first-order valence-electron chi connectivity index (χ1n) is 9.41. The van der Waals surface area contributed by atoms with Crippen molar-refractivity contribution in [3.63, 3.8) is 0 Å². The second-order valence-electron chi connectivity index (χ2n) is 8.45. The van der Waals surface area contributed by atoms with E-state index in [0.29, 0.717) is 16.7 Å². The smallest absolute Gasteiger partial charge is 0.340 e. The van der Waals surface area contributed by atoms with Crippen LogP contribution in [0.1, 0.15) is 49.9 Å². The minimum atomic E-state index is -1.15. The van der Waals surface area contributed by atoms with Crippen LogP contribution >= 0.6 is 0 Å². The van der Waals surface area contributed by atoms with Crippen LogP contribution in [0.3, 0.4) is 0 Å². The van der Waals surface area contributed by atoms with Gasteiger partial charge in [0, 0.05) is 21.9 Å². The van der Waals surface area contributed by atoms with Gasteiger partial charge in [0.2, 0.25) is 5.91 Å². The molecule has 0 bridgehead atoms. The van der Waals surface area contributed by atoms with Gasteiger partial charge in [0.25, 0.3) is 0 Å². The van der Waals surface area contributed by atoms with E-state index in [0.717, 1.165) is 21.9 Å². The number of nitrogens with one attached hydrogen (secondary N) is 1. The van der Waals surface area contributed by atoms with Gasteiger partial charge in [-0.3, -0.25) is 9.59 Å². The molecule has 0 aliphatic rings. The third kappa shape index (κ3) is 3.64. The van der Waals surface area contributed by atoms with E-state index in [1.165, 1.54) is 6.92 Å². The van der Waals surface area contributed by atoms with Crippen molar-refractivity contribution in [1.29, 1.82) is 0 Å². The van der Waals surface area contributed by atoms with Gasteiger partial charge in [0.1, 0.15) is 17.2 Å². The fraction of sp³-hybridized carbons (Fsp3) is 0.409. The SMILES string of the molecule is Cc1c(CC(=O)N[C@@H](C)C(=O)O)c(=O)oc2c(C)c3occ(C(C)(C)C)c3cc12. The van der Waals surface area contributed by atoms with Crippen LogP contribution < -0.4 is 10.9 Å². The molecule has 0 fully saturated rings. The Labute approximate surface area is 167 Å². The summed E-state index contributed by atoms with van der Waals surface area (Å²) >= 11 is 0. The molecule has 0 aliphatic heterocycles. The van der Waals surface area contributed by atoms with E-state index in [1.54, 1.807) is 13.2 Å². The van der Waals surface area contributed by atoms with Crippen LogP contribution in [-0.2, 0) is 21.4 Å². The summed E-state index contributed by atoms with van der Waals surface area (Å²) in [6.45, 7) is 11.2. The molecule has 2 heterocycles. The first kappa shape index (κ1) is 20.6. The van der Waals surface area contributed by atoms with Crippen molar-refractivity contribution in [2.45, 2.75) is 59.4 Å². The quantitative estimate of drug-likeness (QED) is 0.649. The minimum Gasteiger partial charge on any atom is -0.480 e. The maximum absolute atomic E-state index is 12.6. The van der Waals surface area contributed by atoms with Crippen LogP contribution in [0, 0.1) is 13.8 Å². The van der Waals surface area contributed by atoms with Crippen LogP contribution in [0.15, 0.2) is 26.0 Å². The molecule has 29 heavy (non-hydrogen) atoms. The summed E-state index contributed by atoms with van der Waals surface area (Å²) in [7, 11) is 0. The van der Waals surface area contributed by atoms with Crippen molar-refractivity contribution in [2.75, 3.05) is 0 Å². The monoisotopic (exact) mass is 399 g/mol. The normalized spacial score (nSPS) is 13.0. The lowest BCUT2D eigenvalue weighted by Crippen LogP contribution is -2.39. The Kier molecular flexibility index (Phi) is 5.03. The van der Waals surface area contributed by atoms with Crippen LogP contribution in [0.4, 0.5) is 0 Å². The molecule has 7 heteroatoms. The van der Waals surface area contributed by atoms with Gasteiger partial charge in [-0.05, 0) is 37.8 Å². The number of hydrogen-bond donors (Lipinski definition) is 2. The first-order valence-corrected chi connectivity index (χ1v) is 9.41. The molecule has 2 aromatic heterocycles. The lowest BCUT2D eigenvalue weighted by atomic mass is 9.86. The molecule has 3 rings (SSSR count). The van der Waals surface area contributed by atoms with Gasteiger partial charge in [0.05, 0.1) is 18.2 Å². The number of aryl methyl sites for hydroxylation is 2. The first-order chi connectivity index (χ1) is 13.4. The zero-order valence-corrected chi connectivity index (χ0v) is 17.4. The number of carboxylic acids is 1. The number of aliphatic carboxylic acids is 1. The summed E-state index contributed by atoms with van der Waals surface area (Å²) < 4.78 is 11.3. The molecule has 0 aliphatic carbocycles. The second kappa shape index (κ2) is 7.06. The standard InChI is InChI=1S/C22H25NO6/c1-10-13-7-15-16(22(4,5)6)9-28-18(15)11(2)19(13)29-21(27)14(10)8-17(24)23-12(3)20(25)26/h7,9,12H,8H2,1-6H3,(H,23,24)(H,25,26)/t12-/m0/s1. The lowest BCUT2D eigenvalue weighted by molar-refractivity contribution is -0.141. The Balaban J connectivity index is 2.17. The van der Waals surface area contributed by atoms with Crippen molar-refractivity contribution >= 4 is 33.8 Å². The molecule has 154 valence electrons. The summed E-state index contributed by atoms with van der Waals surface area (Å²) in [6.07, 6.45) is 1.47. The van der Waals surface area contributed by atoms with Gasteiger partial charge >= 0.3 is 11.6 Å². The zero-order valence-electron chi connectivity index (χ0n) is 17.4. The number of carboxylic acid groups (broad SMARTS) is 1. The second-order valence-corrected chi connectivity index (χ2v) is 8.45. The molecule has 0 spiro atoms. The highest BCUT2D eigenvalue weighted by molar-refractivity contribution is 6.00. The number of benzene rings is 1. The predicted octanol–water partition coefficient (Wildman–Crippen LogP) is 3.59. The van der Waals surface area contributed by atoms with Crippen molar-refractivity contribution in [1.82, 2.24) is 5.32 Å². The van der Waals surface area contributed by atoms with E-state index in [2.05, 4.69) is 26.1 Å². The Hall–Kier alpha value is -3.09. The number of carbonyl (C=O) groups is 2. The molecular weight excluding hydrogens is 374 g/mol. The van der Waals surface area contributed by atoms with Gasteiger partial charge in [-0.1, -0.05) is 20.8 Å². The van der Waals surface area contributed by atoms with Gasteiger partial charge in [0.15, 0.2) is 0 Å². The van der Waals surface area contributed by atoms with Crippen molar-refractivity contribution in [2.24, 2.45) is 0 Å². The molecule has 1 amide bonds. The molecule has 7 nitrogen and oxygen atoms in total. The van der Waals surface area contributed by atoms with E-state index < -0.39 is 23.5 Å². The Bertz CT molecular complexity index is 1190. The average molecular weight is 399 g/mol. The molecule has 2 N–H and O–H groups in total. The van der Waals surface area contributed by atoms with Crippen molar-refractivity contribution in [3.05, 3.63) is 45.0 Å². The van der Waals surface area contributed by atoms with Crippen LogP contribution in [0.2, 0.25) is 0 Å². The Morgan fingerprint density at radius 3 is 2.38 bits per heavy atom. The molecule has 0 saturated carbocycles. The molecule has 1 aromatic carbocycles. The van der Waals surface area contributed by atoms with E-state index in [4.69, 9.17) is 13.9 Å².